The van der Waals surface area contributed by atoms with Gasteiger partial charge in [0, 0.05) is 29.6 Å². The van der Waals surface area contributed by atoms with Crippen molar-refractivity contribution >= 4 is 11.8 Å². The van der Waals surface area contributed by atoms with Crippen LogP contribution in [0.4, 0.5) is 0 Å². The van der Waals surface area contributed by atoms with Gasteiger partial charge in [0.25, 0.3) is 0 Å². The first-order chi connectivity index (χ1) is 9.58. The zero-order valence-electron chi connectivity index (χ0n) is 13.3. The first-order valence-corrected chi connectivity index (χ1v) is 8.81. The molecule has 0 aromatic carbocycles. The number of pyridine rings is 1. The smallest absolute Gasteiger partial charge is 0.101 e. The lowest BCUT2D eigenvalue weighted by Crippen LogP contribution is -2.36. The number of likely N-dealkylation sites (tertiary alicyclic amines) is 1. The lowest BCUT2D eigenvalue weighted by Gasteiger charge is -2.37. The number of rotatable bonds is 5. The number of piperidine rings is 1. The summed E-state index contributed by atoms with van der Waals surface area (Å²) in [4.78, 5) is 7.32. The lowest BCUT2D eigenvalue weighted by atomic mass is 9.95. The quantitative estimate of drug-likeness (QED) is 0.728. The SMILES string of the molecule is CC(C)CN1CCCCC1c1cccnc1SC(C)C. The molecule has 0 radical (unpaired) electrons. The van der Waals surface area contributed by atoms with Gasteiger partial charge in [-0.3, -0.25) is 4.90 Å². The maximum Gasteiger partial charge on any atom is 0.101 e. The summed E-state index contributed by atoms with van der Waals surface area (Å²) >= 11 is 1.90. The second-order valence-corrected chi connectivity index (χ2v) is 8.03. The Hall–Kier alpha value is -0.540. The second kappa shape index (κ2) is 7.46. The van der Waals surface area contributed by atoms with Gasteiger partial charge in [-0.1, -0.05) is 40.2 Å². The molecule has 1 atom stereocenters. The summed E-state index contributed by atoms with van der Waals surface area (Å²) in [5.74, 6) is 0.730. The van der Waals surface area contributed by atoms with E-state index < -0.39 is 0 Å². The van der Waals surface area contributed by atoms with Crippen LogP contribution >= 0.6 is 11.8 Å². The normalized spacial score (nSPS) is 20.8. The van der Waals surface area contributed by atoms with Crippen molar-refractivity contribution < 1.29 is 0 Å². The monoisotopic (exact) mass is 292 g/mol. The van der Waals surface area contributed by atoms with Crippen LogP contribution in [0.25, 0.3) is 0 Å². The van der Waals surface area contributed by atoms with Crippen LogP contribution in [-0.2, 0) is 0 Å². The van der Waals surface area contributed by atoms with E-state index in [1.54, 1.807) is 0 Å². The van der Waals surface area contributed by atoms with Gasteiger partial charge in [-0.05, 0) is 31.4 Å². The highest BCUT2D eigenvalue weighted by molar-refractivity contribution is 7.99. The zero-order valence-corrected chi connectivity index (χ0v) is 14.1. The van der Waals surface area contributed by atoms with Crippen LogP contribution in [-0.4, -0.2) is 28.2 Å². The summed E-state index contributed by atoms with van der Waals surface area (Å²) in [6, 6.07) is 4.96. The molecule has 2 rings (SSSR count). The molecule has 2 nitrogen and oxygen atoms in total. The van der Waals surface area contributed by atoms with Gasteiger partial charge >= 0.3 is 0 Å². The van der Waals surface area contributed by atoms with Crippen LogP contribution in [0, 0.1) is 5.92 Å². The molecule has 1 fully saturated rings. The van der Waals surface area contributed by atoms with Crippen LogP contribution in [0.2, 0.25) is 0 Å². The Morgan fingerprint density at radius 1 is 1.30 bits per heavy atom. The van der Waals surface area contributed by atoms with Crippen LogP contribution < -0.4 is 0 Å². The van der Waals surface area contributed by atoms with E-state index in [0.717, 1.165) is 5.92 Å². The van der Waals surface area contributed by atoms with E-state index in [4.69, 9.17) is 0 Å². The van der Waals surface area contributed by atoms with Crippen molar-refractivity contribution in [3.8, 4) is 0 Å². The molecule has 0 saturated carbocycles. The molecule has 1 unspecified atom stereocenters. The third-order valence-corrected chi connectivity index (χ3v) is 4.76. The highest BCUT2D eigenvalue weighted by atomic mass is 32.2. The van der Waals surface area contributed by atoms with Crippen LogP contribution in [0.1, 0.15) is 58.6 Å². The molecule has 1 saturated heterocycles. The van der Waals surface area contributed by atoms with Crippen LogP contribution in [0.5, 0.6) is 0 Å². The fourth-order valence-electron chi connectivity index (χ4n) is 3.01. The molecular formula is C17H28N2S. The molecule has 1 aliphatic rings. The summed E-state index contributed by atoms with van der Waals surface area (Å²) < 4.78 is 0. The summed E-state index contributed by atoms with van der Waals surface area (Å²) in [5.41, 5.74) is 1.45. The van der Waals surface area contributed by atoms with Crippen LogP contribution in [0.15, 0.2) is 23.4 Å². The number of nitrogens with zero attached hydrogens (tertiary/aromatic N) is 2. The molecule has 3 heteroatoms. The van der Waals surface area contributed by atoms with Crippen molar-refractivity contribution in [2.45, 2.75) is 63.3 Å². The van der Waals surface area contributed by atoms with E-state index in [1.807, 2.05) is 18.0 Å². The number of aromatic nitrogens is 1. The van der Waals surface area contributed by atoms with E-state index >= 15 is 0 Å². The number of hydrogen-bond acceptors (Lipinski definition) is 3. The van der Waals surface area contributed by atoms with E-state index in [2.05, 4.69) is 49.7 Å². The number of thioether (sulfide) groups is 1. The molecule has 112 valence electrons. The minimum Gasteiger partial charge on any atom is -0.296 e. The van der Waals surface area contributed by atoms with E-state index in [0.29, 0.717) is 11.3 Å². The predicted octanol–water partition coefficient (Wildman–Crippen LogP) is 4.77. The Kier molecular flexibility index (Phi) is 5.91. The maximum atomic E-state index is 4.64. The van der Waals surface area contributed by atoms with Crippen molar-refractivity contribution in [3.63, 3.8) is 0 Å². The Labute approximate surface area is 128 Å². The van der Waals surface area contributed by atoms with Crippen molar-refractivity contribution in [3.05, 3.63) is 23.9 Å². The van der Waals surface area contributed by atoms with E-state index in [1.165, 1.54) is 42.9 Å². The summed E-state index contributed by atoms with van der Waals surface area (Å²) in [5, 5.41) is 1.83. The van der Waals surface area contributed by atoms with Gasteiger partial charge in [0.05, 0.1) is 0 Å². The molecule has 0 N–H and O–H groups in total. The predicted molar refractivity (Wildman–Crippen MR) is 88.2 cm³/mol. The molecule has 2 heterocycles. The van der Waals surface area contributed by atoms with Gasteiger partial charge in [0.2, 0.25) is 0 Å². The molecular weight excluding hydrogens is 264 g/mol. The summed E-state index contributed by atoms with van der Waals surface area (Å²) in [6.07, 6.45) is 5.91. The van der Waals surface area contributed by atoms with E-state index in [-0.39, 0.29) is 0 Å². The molecule has 1 aromatic heterocycles. The van der Waals surface area contributed by atoms with Crippen molar-refractivity contribution in [1.29, 1.82) is 0 Å². The average molecular weight is 292 g/mol. The molecule has 1 aromatic rings. The summed E-state index contributed by atoms with van der Waals surface area (Å²) in [6.45, 7) is 11.6. The standard InChI is InChI=1S/C17H28N2S/c1-13(2)12-19-11-6-5-9-16(19)15-8-7-10-18-17(15)20-14(3)4/h7-8,10,13-14,16H,5-6,9,11-12H2,1-4H3. The third kappa shape index (κ3) is 4.23. The van der Waals surface area contributed by atoms with Crippen molar-refractivity contribution in [2.75, 3.05) is 13.1 Å². The highest BCUT2D eigenvalue weighted by Crippen LogP contribution is 2.36. The lowest BCUT2D eigenvalue weighted by molar-refractivity contribution is 0.130. The van der Waals surface area contributed by atoms with Crippen LogP contribution in [0.3, 0.4) is 0 Å². The second-order valence-electron chi connectivity index (χ2n) is 6.46. The zero-order chi connectivity index (χ0) is 14.5. The largest absolute Gasteiger partial charge is 0.296 e. The number of hydrogen-bond donors (Lipinski definition) is 0. The molecule has 0 spiro atoms. The molecule has 0 aliphatic carbocycles. The van der Waals surface area contributed by atoms with Gasteiger partial charge < -0.3 is 0 Å². The van der Waals surface area contributed by atoms with Crippen molar-refractivity contribution in [2.24, 2.45) is 5.92 Å². The average Bonchev–Trinajstić information content (AvgIpc) is 2.39. The Morgan fingerprint density at radius 2 is 2.10 bits per heavy atom. The maximum absolute atomic E-state index is 4.64. The van der Waals surface area contributed by atoms with Crippen molar-refractivity contribution in [1.82, 2.24) is 9.88 Å². The fraction of sp³-hybridized carbons (Fsp3) is 0.706. The molecule has 0 bridgehead atoms. The highest BCUT2D eigenvalue weighted by Gasteiger charge is 2.26. The third-order valence-electron chi connectivity index (χ3n) is 3.72. The van der Waals surface area contributed by atoms with Gasteiger partial charge in [-0.25, -0.2) is 4.98 Å². The van der Waals surface area contributed by atoms with Gasteiger partial charge in [0.15, 0.2) is 0 Å². The first-order valence-electron chi connectivity index (χ1n) is 7.93. The van der Waals surface area contributed by atoms with E-state index in [9.17, 15) is 0 Å². The Morgan fingerprint density at radius 3 is 2.80 bits per heavy atom. The van der Waals surface area contributed by atoms with Gasteiger partial charge in [0.1, 0.15) is 5.03 Å². The molecule has 0 amide bonds. The van der Waals surface area contributed by atoms with Gasteiger partial charge in [-0.15, -0.1) is 11.8 Å². The first kappa shape index (κ1) is 15.8. The topological polar surface area (TPSA) is 16.1 Å². The minimum absolute atomic E-state index is 0.570. The Balaban J connectivity index is 2.22. The molecule has 20 heavy (non-hydrogen) atoms. The fourth-order valence-corrected chi connectivity index (χ4v) is 3.92. The summed E-state index contributed by atoms with van der Waals surface area (Å²) in [7, 11) is 0. The Bertz CT molecular complexity index is 417. The molecule has 1 aliphatic heterocycles. The minimum atomic E-state index is 0.570. The van der Waals surface area contributed by atoms with Gasteiger partial charge in [-0.2, -0.15) is 0 Å².